The van der Waals surface area contributed by atoms with Crippen molar-refractivity contribution in [2.75, 3.05) is 13.1 Å². The second-order valence-electron chi connectivity index (χ2n) is 7.11. The molecule has 1 saturated heterocycles. The van der Waals surface area contributed by atoms with Gasteiger partial charge in [-0.2, -0.15) is 0 Å². The van der Waals surface area contributed by atoms with Gasteiger partial charge in [0, 0.05) is 28.8 Å². The molecule has 4 rings (SSSR count). The van der Waals surface area contributed by atoms with Crippen molar-refractivity contribution in [1.29, 1.82) is 0 Å². The maximum absolute atomic E-state index is 11.6. The van der Waals surface area contributed by atoms with E-state index in [9.17, 15) is 9.90 Å². The fourth-order valence-electron chi connectivity index (χ4n) is 3.97. The molecule has 5 heteroatoms. The number of fused-ring (bicyclic) bond motifs is 1. The minimum absolute atomic E-state index is 0.0396. The molecule has 2 heterocycles. The number of carbonyl (C=O) groups is 1. The SMILES string of the molecule is O=C(O)C1CCCN(C(c2ccc(Br)cc2)c2ccc3cnccc3c2)C1. The Morgan fingerprint density at radius 3 is 2.67 bits per heavy atom. The smallest absolute Gasteiger partial charge is 0.307 e. The first-order chi connectivity index (χ1) is 13.1. The van der Waals surface area contributed by atoms with Crippen LogP contribution in [-0.4, -0.2) is 34.0 Å². The molecular weight excluding hydrogens is 404 g/mol. The normalized spacial score (nSPS) is 19.1. The number of hydrogen-bond donors (Lipinski definition) is 1. The van der Waals surface area contributed by atoms with Gasteiger partial charge < -0.3 is 5.11 Å². The van der Waals surface area contributed by atoms with Crippen molar-refractivity contribution >= 4 is 32.7 Å². The van der Waals surface area contributed by atoms with Crippen LogP contribution in [0, 0.1) is 5.92 Å². The molecule has 1 fully saturated rings. The Kier molecular flexibility index (Phi) is 5.23. The first-order valence-corrected chi connectivity index (χ1v) is 9.97. The minimum Gasteiger partial charge on any atom is -0.481 e. The number of pyridine rings is 1. The summed E-state index contributed by atoms with van der Waals surface area (Å²) in [7, 11) is 0. The van der Waals surface area contributed by atoms with E-state index in [0.29, 0.717) is 6.54 Å². The quantitative estimate of drug-likeness (QED) is 0.647. The molecule has 4 nitrogen and oxygen atoms in total. The molecule has 3 aromatic rings. The van der Waals surface area contributed by atoms with Crippen molar-refractivity contribution in [2.45, 2.75) is 18.9 Å². The highest BCUT2D eigenvalue weighted by Crippen LogP contribution is 2.34. The lowest BCUT2D eigenvalue weighted by atomic mass is 9.91. The summed E-state index contributed by atoms with van der Waals surface area (Å²) < 4.78 is 1.04. The highest BCUT2D eigenvalue weighted by Gasteiger charge is 2.31. The van der Waals surface area contributed by atoms with Gasteiger partial charge in [-0.25, -0.2) is 0 Å². The van der Waals surface area contributed by atoms with Crippen LogP contribution in [0.15, 0.2) is 65.4 Å². The van der Waals surface area contributed by atoms with Gasteiger partial charge in [-0.05, 0) is 60.2 Å². The number of halogens is 1. The molecule has 1 aliphatic heterocycles. The van der Waals surface area contributed by atoms with E-state index in [2.05, 4.69) is 56.1 Å². The van der Waals surface area contributed by atoms with Crippen molar-refractivity contribution in [3.8, 4) is 0 Å². The molecule has 0 amide bonds. The van der Waals surface area contributed by atoms with Crippen LogP contribution in [0.4, 0.5) is 0 Å². The number of rotatable bonds is 4. The molecule has 0 bridgehead atoms. The van der Waals surface area contributed by atoms with Gasteiger partial charge in [-0.1, -0.05) is 40.2 Å². The lowest BCUT2D eigenvalue weighted by Gasteiger charge is -2.37. The molecule has 2 unspecified atom stereocenters. The van der Waals surface area contributed by atoms with Crippen molar-refractivity contribution in [2.24, 2.45) is 5.92 Å². The molecule has 2 aromatic carbocycles. The molecule has 0 saturated carbocycles. The van der Waals surface area contributed by atoms with Crippen molar-refractivity contribution in [1.82, 2.24) is 9.88 Å². The number of likely N-dealkylation sites (tertiary alicyclic amines) is 1. The Morgan fingerprint density at radius 2 is 1.89 bits per heavy atom. The van der Waals surface area contributed by atoms with E-state index in [1.54, 1.807) is 0 Å². The summed E-state index contributed by atoms with van der Waals surface area (Å²) in [4.78, 5) is 18.1. The molecule has 1 aromatic heterocycles. The lowest BCUT2D eigenvalue weighted by Crippen LogP contribution is -2.41. The van der Waals surface area contributed by atoms with Crippen LogP contribution in [0.2, 0.25) is 0 Å². The topological polar surface area (TPSA) is 53.4 Å². The van der Waals surface area contributed by atoms with Crippen LogP contribution in [0.5, 0.6) is 0 Å². The first kappa shape index (κ1) is 18.1. The van der Waals surface area contributed by atoms with Gasteiger partial charge in [0.25, 0.3) is 0 Å². The van der Waals surface area contributed by atoms with Crippen molar-refractivity contribution in [3.63, 3.8) is 0 Å². The predicted octanol–water partition coefficient (Wildman–Crippen LogP) is 4.88. The third kappa shape index (κ3) is 3.89. The van der Waals surface area contributed by atoms with Gasteiger partial charge in [0.15, 0.2) is 0 Å². The Labute approximate surface area is 167 Å². The number of hydrogen-bond acceptors (Lipinski definition) is 3. The van der Waals surface area contributed by atoms with E-state index in [1.165, 1.54) is 11.1 Å². The standard InChI is InChI=1S/C22H21BrN2O2/c23-20-7-5-15(6-8-20)21(25-11-1-2-19(14-25)22(26)27)17-3-4-18-13-24-10-9-16(18)12-17/h3-10,12-13,19,21H,1-2,11,14H2,(H,26,27). The van der Waals surface area contributed by atoms with Crippen molar-refractivity contribution in [3.05, 3.63) is 76.5 Å². The number of carboxylic acid groups (broad SMARTS) is 1. The van der Waals surface area contributed by atoms with E-state index in [0.717, 1.165) is 34.6 Å². The Balaban J connectivity index is 1.77. The fraction of sp³-hybridized carbons (Fsp3) is 0.273. The van der Waals surface area contributed by atoms with Gasteiger partial charge >= 0.3 is 5.97 Å². The van der Waals surface area contributed by atoms with Gasteiger partial charge in [-0.3, -0.25) is 14.7 Å². The maximum atomic E-state index is 11.6. The molecule has 1 N–H and O–H groups in total. The van der Waals surface area contributed by atoms with E-state index >= 15 is 0 Å². The largest absolute Gasteiger partial charge is 0.481 e. The zero-order valence-corrected chi connectivity index (χ0v) is 16.5. The van der Waals surface area contributed by atoms with Crippen LogP contribution in [-0.2, 0) is 4.79 Å². The third-order valence-corrected chi connectivity index (χ3v) is 5.86. The van der Waals surface area contributed by atoms with Crippen LogP contribution < -0.4 is 0 Å². The number of aliphatic carboxylic acids is 1. The third-order valence-electron chi connectivity index (χ3n) is 5.33. The Hall–Kier alpha value is -2.24. The predicted molar refractivity (Wildman–Crippen MR) is 110 cm³/mol. The monoisotopic (exact) mass is 424 g/mol. The molecule has 0 aliphatic carbocycles. The molecule has 2 atom stereocenters. The highest BCUT2D eigenvalue weighted by atomic mass is 79.9. The van der Waals surface area contributed by atoms with E-state index in [1.807, 2.05) is 30.6 Å². The molecule has 138 valence electrons. The van der Waals surface area contributed by atoms with Gasteiger partial charge in [0.2, 0.25) is 0 Å². The highest BCUT2D eigenvalue weighted by molar-refractivity contribution is 9.10. The zero-order valence-electron chi connectivity index (χ0n) is 14.9. The second kappa shape index (κ2) is 7.79. The summed E-state index contributed by atoms with van der Waals surface area (Å²) in [6.45, 7) is 1.48. The summed E-state index contributed by atoms with van der Waals surface area (Å²) in [5.41, 5.74) is 2.36. The molecule has 27 heavy (non-hydrogen) atoms. The molecule has 1 aliphatic rings. The average molecular weight is 425 g/mol. The van der Waals surface area contributed by atoms with E-state index < -0.39 is 5.97 Å². The van der Waals surface area contributed by atoms with Gasteiger partial charge in [0.1, 0.15) is 0 Å². The zero-order chi connectivity index (χ0) is 18.8. The summed E-state index contributed by atoms with van der Waals surface area (Å²) >= 11 is 3.51. The van der Waals surface area contributed by atoms with Crippen LogP contribution in [0.1, 0.15) is 30.0 Å². The Bertz CT molecular complexity index is 958. The molecular formula is C22H21BrN2O2. The maximum Gasteiger partial charge on any atom is 0.307 e. The van der Waals surface area contributed by atoms with E-state index in [-0.39, 0.29) is 12.0 Å². The van der Waals surface area contributed by atoms with Gasteiger partial charge in [-0.15, -0.1) is 0 Å². The summed E-state index contributed by atoms with van der Waals surface area (Å²) in [6, 6.07) is 16.8. The number of carboxylic acids is 1. The van der Waals surface area contributed by atoms with Crippen LogP contribution in [0.25, 0.3) is 10.8 Å². The summed E-state index contributed by atoms with van der Waals surface area (Å²) in [6.07, 6.45) is 5.33. The second-order valence-corrected chi connectivity index (χ2v) is 8.02. The molecule has 0 spiro atoms. The lowest BCUT2D eigenvalue weighted by molar-refractivity contribution is -0.143. The summed E-state index contributed by atoms with van der Waals surface area (Å²) in [5.74, 6) is -1.000. The average Bonchev–Trinajstić information content (AvgIpc) is 2.70. The number of nitrogens with zero attached hydrogens (tertiary/aromatic N) is 2. The fourth-order valence-corrected chi connectivity index (χ4v) is 4.24. The van der Waals surface area contributed by atoms with Crippen LogP contribution >= 0.6 is 15.9 Å². The number of aromatic nitrogens is 1. The minimum atomic E-state index is -0.696. The Morgan fingerprint density at radius 1 is 1.11 bits per heavy atom. The van der Waals surface area contributed by atoms with Gasteiger partial charge in [0.05, 0.1) is 12.0 Å². The van der Waals surface area contributed by atoms with E-state index in [4.69, 9.17) is 0 Å². The molecule has 0 radical (unpaired) electrons. The van der Waals surface area contributed by atoms with Crippen molar-refractivity contribution < 1.29 is 9.90 Å². The number of benzene rings is 2. The summed E-state index contributed by atoms with van der Waals surface area (Å²) in [5, 5.41) is 11.8. The first-order valence-electron chi connectivity index (χ1n) is 9.18. The number of piperidine rings is 1. The van der Waals surface area contributed by atoms with Crippen LogP contribution in [0.3, 0.4) is 0 Å².